The van der Waals surface area contributed by atoms with Crippen LogP contribution in [0.4, 0.5) is 0 Å². The van der Waals surface area contributed by atoms with Gasteiger partial charge in [0.25, 0.3) is 0 Å². The molecule has 3 aromatic heterocycles. The Bertz CT molecular complexity index is 2670. The summed E-state index contributed by atoms with van der Waals surface area (Å²) in [7, 11) is 0. The van der Waals surface area contributed by atoms with E-state index in [-0.39, 0.29) is 6.17 Å². The Hall–Kier alpha value is -6.07. The monoisotopic (exact) mass is 578 g/mol. The summed E-state index contributed by atoms with van der Waals surface area (Å²) in [6.45, 7) is 0. The maximum Gasteiger partial charge on any atom is 0.146 e. The average Bonchev–Trinajstić information content (AvgIpc) is 3.75. The highest BCUT2D eigenvalue weighted by Crippen LogP contribution is 2.40. The Morgan fingerprint density at radius 1 is 0.556 bits per heavy atom. The lowest BCUT2D eigenvalue weighted by molar-refractivity contribution is 0.646. The first kappa shape index (κ1) is 24.4. The summed E-state index contributed by atoms with van der Waals surface area (Å²) in [6, 6.07) is 46.8. The molecule has 0 spiro atoms. The molecule has 212 valence electrons. The van der Waals surface area contributed by atoms with Crippen molar-refractivity contribution in [3.8, 4) is 0 Å². The molecule has 0 fully saturated rings. The van der Waals surface area contributed by atoms with Gasteiger partial charge in [-0.15, -0.1) is 0 Å². The summed E-state index contributed by atoms with van der Waals surface area (Å²) in [6.07, 6.45) is 1.94. The van der Waals surface area contributed by atoms with Crippen LogP contribution in [-0.4, -0.2) is 15.3 Å². The average molecular weight is 579 g/mol. The summed E-state index contributed by atoms with van der Waals surface area (Å²) < 4.78 is 8.89. The zero-order valence-corrected chi connectivity index (χ0v) is 24.2. The van der Waals surface area contributed by atoms with Crippen molar-refractivity contribution in [2.45, 2.75) is 6.17 Å². The molecule has 6 aromatic carbocycles. The van der Waals surface area contributed by atoms with E-state index in [1.54, 1.807) is 0 Å². The minimum atomic E-state index is -0.230. The lowest BCUT2D eigenvalue weighted by Gasteiger charge is -2.26. The number of hydrogen-bond acceptors (Lipinski definition) is 3. The predicted octanol–water partition coefficient (Wildman–Crippen LogP) is 9.92. The number of H-pyrrole nitrogens is 1. The highest BCUT2D eigenvalue weighted by atomic mass is 16.3. The summed E-state index contributed by atoms with van der Waals surface area (Å²) in [5.41, 5.74) is 9.37. The standard InChI is InChI=1S/C40H26N4O/c1-3-11-24(12-4-1)33-23-39(43-40(42-33)25-13-5-2-6-14-25)44-35-18-10-8-16-27(35)29-21-37-31(20-36(29)44)30-19-28-26-15-7-9-17-32(26)41-34(28)22-38(30)45-37/h1-23,40-41,43H. The van der Waals surface area contributed by atoms with Crippen molar-refractivity contribution < 1.29 is 4.42 Å². The van der Waals surface area contributed by atoms with Crippen LogP contribution in [0, 0.1) is 0 Å². The largest absolute Gasteiger partial charge is 0.456 e. The molecule has 9 aromatic rings. The van der Waals surface area contributed by atoms with Crippen molar-refractivity contribution in [3.63, 3.8) is 0 Å². The molecule has 2 N–H and O–H groups in total. The summed E-state index contributed by atoms with van der Waals surface area (Å²) in [4.78, 5) is 8.73. The molecule has 1 atom stereocenters. The van der Waals surface area contributed by atoms with E-state index in [2.05, 4.69) is 142 Å². The van der Waals surface area contributed by atoms with E-state index in [4.69, 9.17) is 9.41 Å². The van der Waals surface area contributed by atoms with Crippen molar-refractivity contribution in [1.29, 1.82) is 0 Å². The Balaban J connectivity index is 1.25. The zero-order valence-electron chi connectivity index (χ0n) is 24.2. The fourth-order valence-electron chi connectivity index (χ4n) is 7.05. The van der Waals surface area contributed by atoms with Gasteiger partial charge in [-0.2, -0.15) is 0 Å². The van der Waals surface area contributed by atoms with Gasteiger partial charge in [0.1, 0.15) is 23.2 Å². The van der Waals surface area contributed by atoms with E-state index < -0.39 is 0 Å². The second-order valence-corrected chi connectivity index (χ2v) is 11.8. The topological polar surface area (TPSA) is 58.2 Å². The number of allylic oxidation sites excluding steroid dienone is 1. The SMILES string of the molecule is C1=C(n2c3ccccc3c3cc4oc5cc6[nH]c7ccccc7c6cc5c4cc32)NC(c2ccccc2)N=C1c1ccccc1. The molecular weight excluding hydrogens is 552 g/mol. The van der Waals surface area contributed by atoms with Crippen LogP contribution in [0.1, 0.15) is 17.3 Å². The van der Waals surface area contributed by atoms with Crippen LogP contribution in [0.25, 0.3) is 71.4 Å². The maximum absolute atomic E-state index is 6.54. The van der Waals surface area contributed by atoms with Crippen LogP contribution >= 0.6 is 0 Å². The van der Waals surface area contributed by atoms with E-state index in [9.17, 15) is 0 Å². The number of aliphatic imine (C=N–C) groups is 1. The first-order valence-corrected chi connectivity index (χ1v) is 15.3. The van der Waals surface area contributed by atoms with Crippen molar-refractivity contribution in [1.82, 2.24) is 14.9 Å². The van der Waals surface area contributed by atoms with Gasteiger partial charge in [0.2, 0.25) is 0 Å². The molecule has 1 unspecified atom stereocenters. The van der Waals surface area contributed by atoms with E-state index in [1.807, 2.05) is 12.1 Å². The van der Waals surface area contributed by atoms with E-state index in [0.29, 0.717) is 0 Å². The van der Waals surface area contributed by atoms with Crippen molar-refractivity contribution >= 4 is 77.1 Å². The van der Waals surface area contributed by atoms with Gasteiger partial charge >= 0.3 is 0 Å². The first-order chi connectivity index (χ1) is 22.3. The van der Waals surface area contributed by atoms with Gasteiger partial charge in [-0.25, -0.2) is 0 Å². The summed E-state index contributed by atoms with van der Waals surface area (Å²) in [5.74, 6) is 0.982. The predicted molar refractivity (Wildman–Crippen MR) is 186 cm³/mol. The fourth-order valence-corrected chi connectivity index (χ4v) is 7.05. The van der Waals surface area contributed by atoms with Gasteiger partial charge in [-0.1, -0.05) is 97.1 Å². The normalized spacial score (nSPS) is 15.3. The van der Waals surface area contributed by atoms with Crippen LogP contribution in [0.5, 0.6) is 0 Å². The molecular formula is C40H26N4O. The number of hydrogen-bond donors (Lipinski definition) is 2. The Morgan fingerprint density at radius 3 is 2.13 bits per heavy atom. The fraction of sp³-hybridized carbons (Fsp3) is 0.0250. The van der Waals surface area contributed by atoms with E-state index >= 15 is 0 Å². The Morgan fingerprint density at radius 2 is 1.27 bits per heavy atom. The third-order valence-electron chi connectivity index (χ3n) is 9.14. The number of benzene rings is 6. The number of aromatic nitrogens is 2. The Kier molecular flexibility index (Phi) is 4.99. The third-order valence-corrected chi connectivity index (χ3v) is 9.14. The van der Waals surface area contributed by atoms with E-state index in [0.717, 1.165) is 72.1 Å². The smallest absolute Gasteiger partial charge is 0.146 e. The van der Waals surface area contributed by atoms with Crippen molar-refractivity contribution in [2.75, 3.05) is 0 Å². The summed E-state index contributed by atoms with van der Waals surface area (Å²) in [5, 5.41) is 10.7. The molecule has 1 aliphatic heterocycles. The van der Waals surface area contributed by atoms with Crippen molar-refractivity contribution in [2.24, 2.45) is 4.99 Å². The number of fused-ring (bicyclic) bond motifs is 9. The van der Waals surface area contributed by atoms with Crippen LogP contribution in [0.15, 0.2) is 149 Å². The molecule has 45 heavy (non-hydrogen) atoms. The van der Waals surface area contributed by atoms with Crippen LogP contribution in [0.2, 0.25) is 0 Å². The highest BCUT2D eigenvalue weighted by molar-refractivity contribution is 6.21. The molecule has 4 heterocycles. The second-order valence-electron chi connectivity index (χ2n) is 11.8. The molecule has 0 saturated heterocycles. The molecule has 5 heteroatoms. The molecule has 0 amide bonds. The zero-order chi connectivity index (χ0) is 29.5. The first-order valence-electron chi connectivity index (χ1n) is 15.3. The second kappa shape index (κ2) is 9.21. The van der Waals surface area contributed by atoms with Crippen molar-refractivity contribution in [3.05, 3.63) is 151 Å². The lowest BCUT2D eigenvalue weighted by atomic mass is 10.1. The number of nitrogens with one attached hydrogen (secondary N) is 2. The van der Waals surface area contributed by atoms with Crippen LogP contribution in [-0.2, 0) is 0 Å². The minimum Gasteiger partial charge on any atom is -0.456 e. The number of furan rings is 1. The molecule has 10 rings (SSSR count). The molecule has 0 saturated carbocycles. The molecule has 0 bridgehead atoms. The van der Waals surface area contributed by atoms with Gasteiger partial charge in [0.15, 0.2) is 0 Å². The van der Waals surface area contributed by atoms with Crippen LogP contribution < -0.4 is 5.32 Å². The van der Waals surface area contributed by atoms with Crippen LogP contribution in [0.3, 0.4) is 0 Å². The number of rotatable bonds is 3. The number of para-hydroxylation sites is 2. The van der Waals surface area contributed by atoms with E-state index in [1.165, 1.54) is 16.2 Å². The highest BCUT2D eigenvalue weighted by Gasteiger charge is 2.23. The van der Waals surface area contributed by atoms with Gasteiger partial charge in [0.05, 0.1) is 22.3 Å². The quantitative estimate of drug-likeness (QED) is 0.219. The lowest BCUT2D eigenvalue weighted by Crippen LogP contribution is -2.27. The summed E-state index contributed by atoms with van der Waals surface area (Å²) >= 11 is 0. The molecule has 1 aliphatic rings. The maximum atomic E-state index is 6.54. The third kappa shape index (κ3) is 3.64. The molecule has 5 nitrogen and oxygen atoms in total. The number of nitrogens with zero attached hydrogens (tertiary/aromatic N) is 2. The number of aromatic amines is 1. The van der Waals surface area contributed by atoms with Gasteiger partial charge in [0, 0.05) is 50.0 Å². The Labute approximate surface area is 257 Å². The van der Waals surface area contributed by atoms with Gasteiger partial charge in [-0.3, -0.25) is 9.56 Å². The van der Waals surface area contributed by atoms with Gasteiger partial charge < -0.3 is 14.7 Å². The molecule has 0 aliphatic carbocycles. The molecule has 0 radical (unpaired) electrons. The minimum absolute atomic E-state index is 0.230. The van der Waals surface area contributed by atoms with Gasteiger partial charge in [-0.05, 0) is 41.5 Å².